The van der Waals surface area contributed by atoms with Gasteiger partial charge in [0, 0.05) is 12.5 Å². The van der Waals surface area contributed by atoms with Crippen LogP contribution >= 0.6 is 0 Å². The van der Waals surface area contributed by atoms with Crippen LogP contribution in [0.25, 0.3) is 0 Å². The molecule has 0 bridgehead atoms. The van der Waals surface area contributed by atoms with Gasteiger partial charge in [-0.25, -0.2) is 0 Å². The molecule has 1 nitrogen and oxygen atoms in total. The number of nitrogens with two attached hydrogens (primary N) is 1. The SMILES string of the molecule is CC#CCCC(N)C(C)c1ccccc1. The van der Waals surface area contributed by atoms with Crippen molar-refractivity contribution in [1.29, 1.82) is 0 Å². The van der Waals surface area contributed by atoms with E-state index in [1.54, 1.807) is 0 Å². The van der Waals surface area contributed by atoms with E-state index in [2.05, 4.69) is 43.0 Å². The Labute approximate surface area is 92.7 Å². The van der Waals surface area contributed by atoms with Gasteiger partial charge in [0.2, 0.25) is 0 Å². The van der Waals surface area contributed by atoms with E-state index in [1.165, 1.54) is 5.56 Å². The Hall–Kier alpha value is -1.26. The lowest BCUT2D eigenvalue weighted by Gasteiger charge is -2.19. The number of hydrogen-bond acceptors (Lipinski definition) is 1. The van der Waals surface area contributed by atoms with Crippen molar-refractivity contribution in [3.63, 3.8) is 0 Å². The molecule has 0 aliphatic rings. The fourth-order valence-corrected chi connectivity index (χ4v) is 1.62. The highest BCUT2D eigenvalue weighted by molar-refractivity contribution is 5.20. The first kappa shape index (κ1) is 11.8. The zero-order valence-electron chi connectivity index (χ0n) is 9.53. The minimum absolute atomic E-state index is 0.202. The topological polar surface area (TPSA) is 26.0 Å². The van der Waals surface area contributed by atoms with E-state index >= 15 is 0 Å². The molecule has 0 spiro atoms. The molecular weight excluding hydrogens is 182 g/mol. The minimum Gasteiger partial charge on any atom is -0.327 e. The predicted molar refractivity (Wildman–Crippen MR) is 65.5 cm³/mol. The summed E-state index contributed by atoms with van der Waals surface area (Å²) in [5, 5.41) is 0. The van der Waals surface area contributed by atoms with Gasteiger partial charge in [0.05, 0.1) is 0 Å². The van der Waals surface area contributed by atoms with Crippen LogP contribution in [0.3, 0.4) is 0 Å². The maximum atomic E-state index is 6.12. The summed E-state index contributed by atoms with van der Waals surface area (Å²) in [5.74, 6) is 6.36. The monoisotopic (exact) mass is 201 g/mol. The molecule has 15 heavy (non-hydrogen) atoms. The maximum absolute atomic E-state index is 6.12. The molecule has 0 radical (unpaired) electrons. The fourth-order valence-electron chi connectivity index (χ4n) is 1.62. The lowest BCUT2D eigenvalue weighted by molar-refractivity contribution is 0.536. The van der Waals surface area contributed by atoms with Gasteiger partial charge in [-0.2, -0.15) is 0 Å². The Morgan fingerprint density at radius 3 is 2.53 bits per heavy atom. The first-order chi connectivity index (χ1) is 7.25. The summed E-state index contributed by atoms with van der Waals surface area (Å²) in [4.78, 5) is 0. The third-order valence-corrected chi connectivity index (χ3v) is 2.75. The highest BCUT2D eigenvalue weighted by Crippen LogP contribution is 2.19. The van der Waals surface area contributed by atoms with Crippen LogP contribution in [-0.2, 0) is 0 Å². The van der Waals surface area contributed by atoms with E-state index < -0.39 is 0 Å². The quantitative estimate of drug-likeness (QED) is 0.745. The molecule has 0 amide bonds. The standard InChI is InChI=1S/C14H19N/c1-3-4-6-11-14(15)12(2)13-9-7-5-8-10-13/h5,7-10,12,14H,6,11,15H2,1-2H3. The normalized spacial score (nSPS) is 13.8. The lowest BCUT2D eigenvalue weighted by atomic mass is 9.91. The summed E-state index contributed by atoms with van der Waals surface area (Å²) >= 11 is 0. The van der Waals surface area contributed by atoms with Crippen LogP contribution in [0.15, 0.2) is 30.3 Å². The minimum atomic E-state index is 0.202. The molecule has 0 heterocycles. The Morgan fingerprint density at radius 1 is 1.27 bits per heavy atom. The Bertz CT molecular complexity index is 331. The van der Waals surface area contributed by atoms with Gasteiger partial charge in [0.25, 0.3) is 0 Å². The van der Waals surface area contributed by atoms with Crippen molar-refractivity contribution < 1.29 is 0 Å². The van der Waals surface area contributed by atoms with Crippen LogP contribution in [0.2, 0.25) is 0 Å². The summed E-state index contributed by atoms with van der Waals surface area (Å²) in [6.07, 6.45) is 1.87. The van der Waals surface area contributed by atoms with Crippen molar-refractivity contribution in [3.8, 4) is 11.8 Å². The van der Waals surface area contributed by atoms with Crippen LogP contribution in [0.4, 0.5) is 0 Å². The number of hydrogen-bond donors (Lipinski definition) is 1. The van der Waals surface area contributed by atoms with Crippen molar-refractivity contribution >= 4 is 0 Å². The van der Waals surface area contributed by atoms with Crippen LogP contribution < -0.4 is 5.73 Å². The van der Waals surface area contributed by atoms with E-state index in [0.717, 1.165) is 12.8 Å². The molecule has 0 aromatic heterocycles. The second kappa shape index (κ2) is 6.27. The molecule has 1 aromatic rings. The van der Waals surface area contributed by atoms with E-state index in [4.69, 9.17) is 5.73 Å². The van der Waals surface area contributed by atoms with Crippen LogP contribution in [0, 0.1) is 11.8 Å². The maximum Gasteiger partial charge on any atom is 0.0114 e. The van der Waals surface area contributed by atoms with E-state index in [9.17, 15) is 0 Å². The first-order valence-electron chi connectivity index (χ1n) is 5.46. The molecule has 1 heteroatoms. The third kappa shape index (κ3) is 3.77. The van der Waals surface area contributed by atoms with Gasteiger partial charge in [-0.1, -0.05) is 37.3 Å². The van der Waals surface area contributed by atoms with E-state index in [1.807, 2.05) is 13.0 Å². The van der Waals surface area contributed by atoms with Crippen LogP contribution in [0.1, 0.15) is 38.2 Å². The second-order valence-electron chi connectivity index (χ2n) is 3.83. The number of benzene rings is 1. The molecule has 80 valence electrons. The highest BCUT2D eigenvalue weighted by Gasteiger charge is 2.13. The highest BCUT2D eigenvalue weighted by atomic mass is 14.6. The van der Waals surface area contributed by atoms with Crippen molar-refractivity contribution in [2.45, 2.75) is 38.6 Å². The lowest BCUT2D eigenvalue weighted by Crippen LogP contribution is -2.26. The fraction of sp³-hybridized carbons (Fsp3) is 0.429. The molecule has 1 rings (SSSR count). The first-order valence-corrected chi connectivity index (χ1v) is 5.46. The molecule has 2 atom stereocenters. The molecule has 0 saturated carbocycles. The molecule has 2 N–H and O–H groups in total. The van der Waals surface area contributed by atoms with Crippen LogP contribution in [0.5, 0.6) is 0 Å². The van der Waals surface area contributed by atoms with Gasteiger partial charge in [-0.3, -0.25) is 0 Å². The number of rotatable bonds is 4. The Morgan fingerprint density at radius 2 is 1.93 bits per heavy atom. The van der Waals surface area contributed by atoms with Crippen LogP contribution in [-0.4, -0.2) is 6.04 Å². The summed E-state index contributed by atoms with van der Waals surface area (Å²) in [5.41, 5.74) is 7.44. The van der Waals surface area contributed by atoms with Gasteiger partial charge in [-0.15, -0.1) is 11.8 Å². The van der Waals surface area contributed by atoms with E-state index in [-0.39, 0.29) is 6.04 Å². The molecule has 0 aliphatic heterocycles. The van der Waals surface area contributed by atoms with Crippen molar-refractivity contribution in [3.05, 3.63) is 35.9 Å². The predicted octanol–water partition coefficient (Wildman–Crippen LogP) is 2.92. The smallest absolute Gasteiger partial charge is 0.0114 e. The zero-order chi connectivity index (χ0) is 11.1. The largest absolute Gasteiger partial charge is 0.327 e. The molecule has 2 unspecified atom stereocenters. The van der Waals surface area contributed by atoms with Gasteiger partial charge < -0.3 is 5.73 Å². The summed E-state index contributed by atoms with van der Waals surface area (Å²) in [6, 6.07) is 10.6. The van der Waals surface area contributed by atoms with Crippen molar-refractivity contribution in [1.82, 2.24) is 0 Å². The summed E-state index contributed by atoms with van der Waals surface area (Å²) in [6.45, 7) is 4.05. The molecule has 0 aliphatic carbocycles. The average Bonchev–Trinajstić information content (AvgIpc) is 2.29. The van der Waals surface area contributed by atoms with Gasteiger partial charge in [0.15, 0.2) is 0 Å². The van der Waals surface area contributed by atoms with Crippen molar-refractivity contribution in [2.24, 2.45) is 5.73 Å². The molecule has 1 aromatic carbocycles. The van der Waals surface area contributed by atoms with Gasteiger partial charge in [0.1, 0.15) is 0 Å². The third-order valence-electron chi connectivity index (χ3n) is 2.75. The summed E-state index contributed by atoms with van der Waals surface area (Å²) in [7, 11) is 0. The Balaban J connectivity index is 2.52. The Kier molecular flexibility index (Phi) is 4.93. The molecule has 0 fully saturated rings. The summed E-state index contributed by atoms with van der Waals surface area (Å²) < 4.78 is 0. The average molecular weight is 201 g/mol. The van der Waals surface area contributed by atoms with Crippen molar-refractivity contribution in [2.75, 3.05) is 0 Å². The zero-order valence-corrected chi connectivity index (χ0v) is 9.53. The van der Waals surface area contributed by atoms with E-state index in [0.29, 0.717) is 5.92 Å². The molecular formula is C14H19N. The molecule has 0 saturated heterocycles. The second-order valence-corrected chi connectivity index (χ2v) is 3.83. The van der Waals surface area contributed by atoms with Gasteiger partial charge >= 0.3 is 0 Å². The van der Waals surface area contributed by atoms with Gasteiger partial charge in [-0.05, 0) is 24.8 Å².